The molecule has 0 bridgehead atoms. The smallest absolute Gasteiger partial charge is 0.367 e. The van der Waals surface area contributed by atoms with E-state index in [2.05, 4.69) is 0 Å². The van der Waals surface area contributed by atoms with Gasteiger partial charge in [-0.05, 0) is 26.2 Å². The Morgan fingerprint density at radius 1 is 1.31 bits per heavy atom. The van der Waals surface area contributed by atoms with E-state index >= 15 is 0 Å². The van der Waals surface area contributed by atoms with Crippen LogP contribution in [0.3, 0.4) is 0 Å². The molecular formula is C12H22O4. The average molecular weight is 230 g/mol. The highest BCUT2D eigenvalue weighted by Crippen LogP contribution is 2.29. The van der Waals surface area contributed by atoms with Gasteiger partial charge < -0.3 is 14.2 Å². The summed E-state index contributed by atoms with van der Waals surface area (Å²) in [6.07, 6.45) is 3.07. The molecule has 0 saturated carbocycles. The maximum Gasteiger partial charge on any atom is 0.367 e. The summed E-state index contributed by atoms with van der Waals surface area (Å²) in [4.78, 5) is 11.9. The fourth-order valence-corrected chi connectivity index (χ4v) is 1.66. The van der Waals surface area contributed by atoms with Crippen LogP contribution < -0.4 is 0 Å². The van der Waals surface area contributed by atoms with Crippen LogP contribution >= 0.6 is 0 Å². The summed E-state index contributed by atoms with van der Waals surface area (Å²) in [7, 11) is 0. The van der Waals surface area contributed by atoms with Crippen LogP contribution in [0.4, 0.5) is 0 Å². The van der Waals surface area contributed by atoms with E-state index in [1.165, 1.54) is 0 Å². The second kappa shape index (κ2) is 6.21. The molecule has 1 fully saturated rings. The van der Waals surface area contributed by atoms with Crippen LogP contribution in [0.15, 0.2) is 0 Å². The van der Waals surface area contributed by atoms with Crippen LogP contribution in [0.25, 0.3) is 0 Å². The van der Waals surface area contributed by atoms with E-state index in [1.54, 1.807) is 0 Å². The van der Waals surface area contributed by atoms with Gasteiger partial charge in [0.05, 0.1) is 19.3 Å². The third kappa shape index (κ3) is 3.19. The molecule has 1 unspecified atom stereocenters. The molecule has 1 aliphatic heterocycles. The summed E-state index contributed by atoms with van der Waals surface area (Å²) >= 11 is 0. The zero-order valence-electron chi connectivity index (χ0n) is 10.5. The van der Waals surface area contributed by atoms with E-state index < -0.39 is 5.79 Å². The van der Waals surface area contributed by atoms with Gasteiger partial charge in [-0.15, -0.1) is 0 Å². The molecule has 0 amide bonds. The Morgan fingerprint density at radius 3 is 2.31 bits per heavy atom. The number of hydrogen-bond acceptors (Lipinski definition) is 4. The van der Waals surface area contributed by atoms with Crippen LogP contribution in [-0.2, 0) is 19.0 Å². The van der Waals surface area contributed by atoms with Crippen molar-refractivity contribution >= 4 is 5.97 Å². The van der Waals surface area contributed by atoms with Crippen LogP contribution in [0.2, 0.25) is 0 Å². The minimum absolute atomic E-state index is 0.0314. The number of rotatable bonds is 6. The number of ether oxygens (including phenoxy) is 3. The molecule has 0 aliphatic carbocycles. The summed E-state index contributed by atoms with van der Waals surface area (Å²) in [5.74, 6) is -1.51. The van der Waals surface area contributed by atoms with E-state index in [0.29, 0.717) is 19.6 Å². The van der Waals surface area contributed by atoms with Gasteiger partial charge in [-0.3, -0.25) is 0 Å². The Kier molecular flexibility index (Phi) is 5.22. The van der Waals surface area contributed by atoms with Crippen molar-refractivity contribution in [3.8, 4) is 0 Å². The number of cyclic esters (lactones) is 1. The molecule has 0 spiro atoms. The number of carbonyl (C=O) groups excluding carboxylic acids is 1. The van der Waals surface area contributed by atoms with Crippen molar-refractivity contribution in [1.29, 1.82) is 0 Å². The van der Waals surface area contributed by atoms with Gasteiger partial charge in [0, 0.05) is 6.42 Å². The minimum Gasteiger partial charge on any atom is -0.459 e. The highest BCUT2D eigenvalue weighted by molar-refractivity contribution is 5.78. The first-order valence-electron chi connectivity index (χ1n) is 6.13. The fourth-order valence-electron chi connectivity index (χ4n) is 1.66. The maximum absolute atomic E-state index is 11.9. The first-order chi connectivity index (χ1) is 7.64. The van der Waals surface area contributed by atoms with Gasteiger partial charge in [0.1, 0.15) is 0 Å². The van der Waals surface area contributed by atoms with Gasteiger partial charge in [0.15, 0.2) is 0 Å². The number of hydrogen-bond donors (Lipinski definition) is 0. The molecule has 16 heavy (non-hydrogen) atoms. The lowest BCUT2D eigenvalue weighted by molar-refractivity contribution is -0.267. The van der Waals surface area contributed by atoms with Gasteiger partial charge in [-0.25, -0.2) is 4.79 Å². The van der Waals surface area contributed by atoms with E-state index in [4.69, 9.17) is 14.2 Å². The van der Waals surface area contributed by atoms with Crippen molar-refractivity contribution in [3.05, 3.63) is 0 Å². The van der Waals surface area contributed by atoms with E-state index in [-0.39, 0.29) is 12.1 Å². The van der Waals surface area contributed by atoms with Crippen LogP contribution in [0.1, 0.15) is 46.5 Å². The van der Waals surface area contributed by atoms with Gasteiger partial charge in [-0.2, -0.15) is 0 Å². The zero-order chi connectivity index (χ0) is 12.0. The summed E-state index contributed by atoms with van der Waals surface area (Å²) < 4.78 is 16.4. The lowest BCUT2D eigenvalue weighted by Crippen LogP contribution is -2.50. The normalized spacial score (nSPS) is 24.2. The molecule has 0 aromatic carbocycles. The van der Waals surface area contributed by atoms with Crippen molar-refractivity contribution < 1.29 is 19.0 Å². The molecule has 4 nitrogen and oxygen atoms in total. The molecule has 1 saturated heterocycles. The monoisotopic (exact) mass is 230 g/mol. The van der Waals surface area contributed by atoms with E-state index in [1.807, 2.05) is 20.8 Å². The van der Waals surface area contributed by atoms with Gasteiger partial charge >= 0.3 is 5.97 Å². The second-order valence-electron chi connectivity index (χ2n) is 4.20. The molecule has 94 valence electrons. The Labute approximate surface area is 97.2 Å². The Balaban J connectivity index is 2.64. The number of esters is 1. The van der Waals surface area contributed by atoms with Crippen molar-refractivity contribution in [2.45, 2.75) is 58.3 Å². The second-order valence-corrected chi connectivity index (χ2v) is 4.20. The summed E-state index contributed by atoms with van der Waals surface area (Å²) in [5, 5.41) is 0. The highest BCUT2D eigenvalue weighted by atomic mass is 16.7. The topological polar surface area (TPSA) is 44.8 Å². The van der Waals surface area contributed by atoms with Crippen molar-refractivity contribution in [1.82, 2.24) is 0 Å². The van der Waals surface area contributed by atoms with E-state index in [0.717, 1.165) is 19.3 Å². The lowest BCUT2D eigenvalue weighted by Gasteiger charge is -2.36. The summed E-state index contributed by atoms with van der Waals surface area (Å²) in [5.41, 5.74) is 0. The molecule has 1 atom stereocenters. The Morgan fingerprint density at radius 2 is 1.88 bits per heavy atom. The first kappa shape index (κ1) is 13.5. The quantitative estimate of drug-likeness (QED) is 0.518. The minimum atomic E-state index is -1.14. The van der Waals surface area contributed by atoms with Crippen LogP contribution in [-0.4, -0.2) is 31.1 Å². The Hall–Kier alpha value is -0.610. The predicted octanol–water partition coefficient (Wildman–Crippen LogP) is 2.26. The van der Waals surface area contributed by atoms with Gasteiger partial charge in [0.25, 0.3) is 5.79 Å². The molecular weight excluding hydrogens is 208 g/mol. The molecule has 1 rings (SSSR count). The molecule has 0 aromatic heterocycles. The van der Waals surface area contributed by atoms with E-state index in [9.17, 15) is 4.79 Å². The largest absolute Gasteiger partial charge is 0.459 e. The third-order valence-corrected chi connectivity index (χ3v) is 2.58. The molecule has 0 aromatic rings. The average Bonchev–Trinajstić information content (AvgIpc) is 2.27. The predicted molar refractivity (Wildman–Crippen MR) is 60.0 cm³/mol. The summed E-state index contributed by atoms with van der Waals surface area (Å²) in [6.45, 7) is 6.94. The molecule has 0 N–H and O–H groups in total. The molecule has 1 heterocycles. The zero-order valence-corrected chi connectivity index (χ0v) is 10.5. The standard InChI is InChI=1S/C12H22O4/c1-4-8-14-12(15-9-5-2)7-6-10(3)16-11(12)13/h10H,4-9H2,1-3H3. The first-order valence-corrected chi connectivity index (χ1v) is 6.13. The van der Waals surface area contributed by atoms with Crippen LogP contribution in [0, 0.1) is 0 Å². The van der Waals surface area contributed by atoms with Crippen molar-refractivity contribution in [2.75, 3.05) is 13.2 Å². The maximum atomic E-state index is 11.9. The lowest BCUT2D eigenvalue weighted by atomic mass is 10.0. The number of carbonyl (C=O) groups is 1. The molecule has 0 radical (unpaired) electrons. The van der Waals surface area contributed by atoms with Gasteiger partial charge in [0.2, 0.25) is 0 Å². The third-order valence-electron chi connectivity index (χ3n) is 2.58. The van der Waals surface area contributed by atoms with Gasteiger partial charge in [-0.1, -0.05) is 13.8 Å². The van der Waals surface area contributed by atoms with Crippen molar-refractivity contribution in [3.63, 3.8) is 0 Å². The Bertz CT molecular complexity index is 214. The molecule has 1 aliphatic rings. The molecule has 4 heteroatoms. The summed E-state index contributed by atoms with van der Waals surface area (Å²) in [6, 6.07) is 0. The fraction of sp³-hybridized carbons (Fsp3) is 0.917. The van der Waals surface area contributed by atoms with Crippen LogP contribution in [0.5, 0.6) is 0 Å². The highest BCUT2D eigenvalue weighted by Gasteiger charge is 2.46. The SMILES string of the molecule is CCCOC1(OCCC)CCC(C)OC1=O. The van der Waals surface area contributed by atoms with Crippen molar-refractivity contribution in [2.24, 2.45) is 0 Å².